The van der Waals surface area contributed by atoms with Gasteiger partial charge in [-0.15, -0.1) is 0 Å². The lowest BCUT2D eigenvalue weighted by Crippen LogP contribution is -2.48. The average molecular weight is 285 g/mol. The number of ether oxygens (including phenoxy) is 2. The van der Waals surface area contributed by atoms with Crippen molar-refractivity contribution in [1.82, 2.24) is 10.4 Å². The molecule has 1 atom stereocenters. The molecular formula is C14H24FN3O2. The Morgan fingerprint density at radius 3 is 2.50 bits per heavy atom. The highest BCUT2D eigenvalue weighted by Crippen LogP contribution is 2.37. The number of nitrogens with two attached hydrogens (primary N) is 1. The Bertz CT molecular complexity index is 425. The van der Waals surface area contributed by atoms with Crippen LogP contribution in [0.1, 0.15) is 45.2 Å². The molecular weight excluding hydrogens is 261 g/mol. The van der Waals surface area contributed by atoms with Gasteiger partial charge in [-0.25, -0.2) is 14.8 Å². The van der Waals surface area contributed by atoms with E-state index in [0.29, 0.717) is 25.0 Å². The number of pyridine rings is 1. The minimum Gasteiger partial charge on any atom is -0.479 e. The summed E-state index contributed by atoms with van der Waals surface area (Å²) in [4.78, 5) is 3.85. The zero-order chi connectivity index (χ0) is 15.2. The third-order valence-electron chi connectivity index (χ3n) is 3.71. The van der Waals surface area contributed by atoms with Crippen LogP contribution in [0.2, 0.25) is 0 Å². The third kappa shape index (κ3) is 3.08. The van der Waals surface area contributed by atoms with Crippen molar-refractivity contribution in [2.24, 2.45) is 5.84 Å². The van der Waals surface area contributed by atoms with E-state index in [2.05, 4.69) is 10.4 Å². The van der Waals surface area contributed by atoms with E-state index in [1.165, 1.54) is 13.3 Å². The number of nitrogens with zero attached hydrogens (tertiary/aromatic N) is 1. The van der Waals surface area contributed by atoms with E-state index in [1.54, 1.807) is 6.07 Å². The quantitative estimate of drug-likeness (QED) is 0.566. The van der Waals surface area contributed by atoms with Gasteiger partial charge in [0.1, 0.15) is 0 Å². The SMILES string of the molecule is CCOC(CC)(CC)C(NN)c1ccnc(OC)c1F. The molecule has 0 aliphatic carbocycles. The number of rotatable bonds is 8. The molecule has 0 bridgehead atoms. The van der Waals surface area contributed by atoms with Gasteiger partial charge < -0.3 is 9.47 Å². The van der Waals surface area contributed by atoms with Crippen LogP contribution in [0.4, 0.5) is 4.39 Å². The van der Waals surface area contributed by atoms with Gasteiger partial charge in [-0.2, -0.15) is 0 Å². The molecule has 6 heteroatoms. The Morgan fingerprint density at radius 2 is 2.05 bits per heavy atom. The summed E-state index contributed by atoms with van der Waals surface area (Å²) in [7, 11) is 1.38. The number of nitrogens with one attached hydrogen (secondary N) is 1. The lowest BCUT2D eigenvalue weighted by atomic mass is 9.84. The van der Waals surface area contributed by atoms with Gasteiger partial charge in [0, 0.05) is 18.4 Å². The van der Waals surface area contributed by atoms with Crippen LogP contribution >= 0.6 is 0 Å². The summed E-state index contributed by atoms with van der Waals surface area (Å²) >= 11 is 0. The zero-order valence-electron chi connectivity index (χ0n) is 12.6. The van der Waals surface area contributed by atoms with Gasteiger partial charge in [-0.3, -0.25) is 5.84 Å². The van der Waals surface area contributed by atoms with Crippen LogP contribution in [0.3, 0.4) is 0 Å². The average Bonchev–Trinajstić information content (AvgIpc) is 2.48. The summed E-state index contributed by atoms with van der Waals surface area (Å²) in [6, 6.07) is 1.12. The predicted molar refractivity (Wildman–Crippen MR) is 75.8 cm³/mol. The topological polar surface area (TPSA) is 69.4 Å². The van der Waals surface area contributed by atoms with Gasteiger partial charge in [0.25, 0.3) is 0 Å². The molecule has 0 aliphatic rings. The zero-order valence-corrected chi connectivity index (χ0v) is 12.6. The molecule has 114 valence electrons. The normalized spacial score (nSPS) is 13.3. The molecule has 0 fully saturated rings. The molecule has 0 amide bonds. The second-order valence-electron chi connectivity index (χ2n) is 4.53. The Balaban J connectivity index is 3.30. The van der Waals surface area contributed by atoms with Crippen molar-refractivity contribution in [2.75, 3.05) is 13.7 Å². The van der Waals surface area contributed by atoms with E-state index in [1.807, 2.05) is 20.8 Å². The van der Waals surface area contributed by atoms with E-state index in [4.69, 9.17) is 15.3 Å². The molecule has 3 N–H and O–H groups in total. The lowest BCUT2D eigenvalue weighted by molar-refractivity contribution is -0.0741. The van der Waals surface area contributed by atoms with Gasteiger partial charge >= 0.3 is 0 Å². The van der Waals surface area contributed by atoms with E-state index in [-0.39, 0.29) is 5.88 Å². The summed E-state index contributed by atoms with van der Waals surface area (Å²) in [5, 5.41) is 0. The fourth-order valence-corrected chi connectivity index (χ4v) is 2.56. The first-order chi connectivity index (χ1) is 9.60. The smallest absolute Gasteiger partial charge is 0.250 e. The fraction of sp³-hybridized carbons (Fsp3) is 0.643. The number of hydrogen-bond acceptors (Lipinski definition) is 5. The number of halogens is 1. The maximum Gasteiger partial charge on any atom is 0.250 e. The minimum absolute atomic E-state index is 0.0413. The van der Waals surface area contributed by atoms with Crippen LogP contribution in [0.5, 0.6) is 5.88 Å². The Labute approximate surface area is 119 Å². The molecule has 20 heavy (non-hydrogen) atoms. The van der Waals surface area contributed by atoms with Crippen molar-refractivity contribution in [1.29, 1.82) is 0 Å². The van der Waals surface area contributed by atoms with Crippen LogP contribution in [0.25, 0.3) is 0 Å². The molecule has 5 nitrogen and oxygen atoms in total. The van der Waals surface area contributed by atoms with E-state index >= 15 is 0 Å². The predicted octanol–water partition coefficient (Wildman–Crippen LogP) is 2.33. The minimum atomic E-state index is -0.573. The highest BCUT2D eigenvalue weighted by molar-refractivity contribution is 5.28. The number of methoxy groups -OCH3 is 1. The van der Waals surface area contributed by atoms with Gasteiger partial charge in [0.2, 0.25) is 5.88 Å². The number of aromatic nitrogens is 1. The highest BCUT2D eigenvalue weighted by Gasteiger charge is 2.39. The van der Waals surface area contributed by atoms with Crippen LogP contribution in [0, 0.1) is 5.82 Å². The van der Waals surface area contributed by atoms with Crippen LogP contribution < -0.4 is 16.0 Å². The summed E-state index contributed by atoms with van der Waals surface area (Å²) in [5.74, 6) is 5.12. The van der Waals surface area contributed by atoms with Gasteiger partial charge in [0.05, 0.1) is 18.8 Å². The monoisotopic (exact) mass is 285 g/mol. The summed E-state index contributed by atoms with van der Waals surface area (Å²) in [5.41, 5.74) is 2.52. The third-order valence-corrected chi connectivity index (χ3v) is 3.71. The first-order valence-corrected chi connectivity index (χ1v) is 6.88. The van der Waals surface area contributed by atoms with Gasteiger partial charge in [-0.05, 0) is 25.8 Å². The van der Waals surface area contributed by atoms with Crippen LogP contribution in [0.15, 0.2) is 12.3 Å². The largest absolute Gasteiger partial charge is 0.479 e. The second kappa shape index (κ2) is 7.52. The summed E-state index contributed by atoms with van der Waals surface area (Å²) < 4.78 is 25.2. The van der Waals surface area contributed by atoms with Crippen molar-refractivity contribution in [3.05, 3.63) is 23.6 Å². The van der Waals surface area contributed by atoms with Gasteiger partial charge in [-0.1, -0.05) is 13.8 Å². The lowest BCUT2D eigenvalue weighted by Gasteiger charge is -2.39. The van der Waals surface area contributed by atoms with Crippen molar-refractivity contribution in [3.63, 3.8) is 0 Å². The number of hydrazine groups is 1. The molecule has 0 saturated heterocycles. The highest BCUT2D eigenvalue weighted by atomic mass is 19.1. The van der Waals surface area contributed by atoms with Crippen molar-refractivity contribution in [3.8, 4) is 5.88 Å². The van der Waals surface area contributed by atoms with E-state index < -0.39 is 17.5 Å². The van der Waals surface area contributed by atoms with Crippen LogP contribution in [-0.2, 0) is 4.74 Å². The Kier molecular flexibility index (Phi) is 6.32. The molecule has 1 unspecified atom stereocenters. The maximum atomic E-state index is 14.4. The summed E-state index contributed by atoms with van der Waals surface area (Å²) in [6.45, 7) is 6.44. The fourth-order valence-electron chi connectivity index (χ4n) is 2.56. The summed E-state index contributed by atoms with van der Waals surface area (Å²) in [6.07, 6.45) is 2.91. The van der Waals surface area contributed by atoms with Gasteiger partial charge in [0.15, 0.2) is 5.82 Å². The molecule has 0 spiro atoms. The maximum absolute atomic E-state index is 14.4. The standard InChI is InChI=1S/C14H24FN3O2/c1-5-14(6-2,20-7-3)12(18-16)10-8-9-17-13(19-4)11(10)15/h8-9,12,18H,5-7,16H2,1-4H3. The second-order valence-corrected chi connectivity index (χ2v) is 4.53. The van der Waals surface area contributed by atoms with Crippen molar-refractivity contribution < 1.29 is 13.9 Å². The molecule has 1 heterocycles. The molecule has 0 aromatic carbocycles. The first-order valence-electron chi connectivity index (χ1n) is 6.88. The molecule has 1 rings (SSSR count). The Hall–Kier alpha value is -1.24. The molecule has 0 saturated carbocycles. The number of hydrogen-bond donors (Lipinski definition) is 2. The molecule has 1 aromatic heterocycles. The molecule has 0 aliphatic heterocycles. The van der Waals surface area contributed by atoms with E-state index in [9.17, 15) is 4.39 Å². The first kappa shape index (κ1) is 16.8. The van der Waals surface area contributed by atoms with Crippen molar-refractivity contribution in [2.45, 2.75) is 45.3 Å². The molecule has 0 radical (unpaired) electrons. The van der Waals surface area contributed by atoms with Crippen molar-refractivity contribution >= 4 is 0 Å². The van der Waals surface area contributed by atoms with E-state index in [0.717, 1.165) is 0 Å². The molecule has 1 aromatic rings. The van der Waals surface area contributed by atoms with Crippen LogP contribution in [-0.4, -0.2) is 24.3 Å². The Morgan fingerprint density at radius 1 is 1.40 bits per heavy atom.